The Hall–Kier alpha value is 0.110. The van der Waals surface area contributed by atoms with E-state index in [0.717, 1.165) is 51.4 Å². The lowest BCUT2D eigenvalue weighted by atomic mass is 9.97. The van der Waals surface area contributed by atoms with E-state index in [9.17, 15) is 9.79 Å². The van der Waals surface area contributed by atoms with E-state index in [4.69, 9.17) is 4.52 Å². The smallest absolute Gasteiger partial charge is 0.319 e. The Balaban J connectivity index is 1.88. The molecule has 0 aromatic rings. The molecule has 4 nitrogen and oxygen atoms in total. The Morgan fingerprint density at radius 1 is 0.824 bits per heavy atom. The topological polar surface area (TPSA) is 62.0 Å². The summed E-state index contributed by atoms with van der Waals surface area (Å²) in [6.45, 7) is 0. The van der Waals surface area contributed by atoms with Crippen LogP contribution in [0.1, 0.15) is 64.2 Å². The van der Waals surface area contributed by atoms with Crippen LogP contribution in [0, 0.1) is 0 Å². The van der Waals surface area contributed by atoms with Gasteiger partial charge in [-0.05, 0) is 25.7 Å². The maximum atomic E-state index is 9.90. The van der Waals surface area contributed by atoms with Crippen molar-refractivity contribution in [3.63, 3.8) is 0 Å². The highest BCUT2D eigenvalue weighted by molar-refractivity contribution is 7.49. The first-order chi connectivity index (χ1) is 8.16. The van der Waals surface area contributed by atoms with E-state index in [-0.39, 0.29) is 12.1 Å². The van der Waals surface area contributed by atoms with Crippen LogP contribution in [0.5, 0.6) is 0 Å². The van der Waals surface area contributed by atoms with Gasteiger partial charge in [0.05, 0.1) is 12.1 Å². The van der Waals surface area contributed by atoms with Crippen molar-refractivity contribution in [3.05, 3.63) is 0 Å². The molecular weight excluding hydrogens is 237 g/mol. The van der Waals surface area contributed by atoms with Crippen LogP contribution in [-0.4, -0.2) is 21.9 Å². The van der Waals surface area contributed by atoms with Gasteiger partial charge >= 0.3 is 7.74 Å². The highest BCUT2D eigenvalue weighted by atomic mass is 31.2. The summed E-state index contributed by atoms with van der Waals surface area (Å²) in [6.07, 6.45) is 10.9. The van der Waals surface area contributed by atoms with E-state index >= 15 is 0 Å². The number of nitrogens with zero attached hydrogens (tertiary/aromatic N) is 1. The maximum Gasteiger partial charge on any atom is 0.350 e. The minimum absolute atomic E-state index is 0.0134. The fourth-order valence-corrected chi connectivity index (χ4v) is 4.13. The van der Waals surface area contributed by atoms with Gasteiger partial charge in [0.2, 0.25) is 0 Å². The van der Waals surface area contributed by atoms with E-state index in [0.29, 0.717) is 0 Å². The predicted octanol–water partition coefficient (Wildman–Crippen LogP) is 3.60. The molecule has 17 heavy (non-hydrogen) atoms. The third kappa shape index (κ3) is 4.70. The van der Waals surface area contributed by atoms with Crippen LogP contribution < -0.4 is 0 Å². The van der Waals surface area contributed by atoms with E-state index < -0.39 is 7.74 Å². The molecule has 0 unspecified atom stereocenters. The van der Waals surface area contributed by atoms with Gasteiger partial charge in [0.15, 0.2) is 0 Å². The largest absolute Gasteiger partial charge is 0.350 e. The van der Waals surface area contributed by atoms with E-state index in [2.05, 4.69) is 4.74 Å². The fourth-order valence-electron chi connectivity index (χ4n) is 2.81. The molecule has 2 aliphatic rings. The zero-order chi connectivity index (χ0) is 12.1. The molecule has 0 amide bonds. The van der Waals surface area contributed by atoms with Gasteiger partial charge in [-0.25, -0.2) is 4.74 Å². The maximum absolute atomic E-state index is 9.90. The number of hydrogen-bond acceptors (Lipinski definition) is 2. The third-order valence-corrected chi connectivity index (χ3v) is 4.94. The van der Waals surface area contributed by atoms with Crippen LogP contribution >= 0.6 is 7.74 Å². The van der Waals surface area contributed by atoms with Gasteiger partial charge in [0.1, 0.15) is 0 Å². The first kappa shape index (κ1) is 13.5. The molecule has 2 fully saturated rings. The second kappa shape index (κ2) is 6.33. The van der Waals surface area contributed by atoms with Crippen LogP contribution in [0.3, 0.4) is 0 Å². The molecule has 0 atom stereocenters. The lowest BCUT2D eigenvalue weighted by Gasteiger charge is -2.26. The lowest BCUT2D eigenvalue weighted by Crippen LogP contribution is -2.16. The van der Waals surface area contributed by atoms with Crippen LogP contribution in [0.15, 0.2) is 4.74 Å². The number of hydrogen-bond donors (Lipinski definition) is 2. The number of rotatable bonds is 3. The predicted molar refractivity (Wildman–Crippen MR) is 68.6 cm³/mol. The summed E-state index contributed by atoms with van der Waals surface area (Å²) in [7, 11) is -3.45. The summed E-state index contributed by atoms with van der Waals surface area (Å²) >= 11 is 0. The quantitative estimate of drug-likeness (QED) is 0.763. The van der Waals surface area contributed by atoms with Crippen molar-refractivity contribution in [3.8, 4) is 0 Å². The van der Waals surface area contributed by atoms with Gasteiger partial charge in [-0.3, -0.25) is 4.52 Å². The molecule has 0 aromatic heterocycles. The van der Waals surface area contributed by atoms with Crippen LogP contribution in [-0.2, 0) is 4.52 Å². The normalized spacial score (nSPS) is 24.8. The van der Waals surface area contributed by atoms with E-state index in [1.54, 1.807) is 0 Å². The monoisotopic (exact) mass is 261 g/mol. The molecule has 100 valence electrons. The Kier molecular flexibility index (Phi) is 5.04. The van der Waals surface area contributed by atoms with Gasteiger partial charge in [-0.2, -0.15) is 0 Å². The highest BCUT2D eigenvalue weighted by Gasteiger charge is 2.24. The molecule has 0 radical (unpaired) electrons. The molecular formula is C12H24NO3P. The van der Waals surface area contributed by atoms with Crippen LogP contribution in [0.4, 0.5) is 0 Å². The molecule has 2 aliphatic carbocycles. The lowest BCUT2D eigenvalue weighted by molar-refractivity contribution is 0.124. The first-order valence-electron chi connectivity index (χ1n) is 6.91. The summed E-state index contributed by atoms with van der Waals surface area (Å²) < 4.78 is 9.60. The standard InChI is InChI=1S/C12H24NO3P/c14-17(15,13-11-7-3-1-4-8-11)16-12-9-5-2-6-10-12/h11-12,14-15H,1-10H2. The van der Waals surface area contributed by atoms with Crippen molar-refractivity contribution in [1.29, 1.82) is 0 Å². The summed E-state index contributed by atoms with van der Waals surface area (Å²) in [4.78, 5) is 19.8. The Bertz CT molecular complexity index is 277. The highest BCUT2D eigenvalue weighted by Crippen LogP contribution is 2.46. The summed E-state index contributed by atoms with van der Waals surface area (Å²) in [6, 6.07) is 0.107. The van der Waals surface area contributed by atoms with Gasteiger partial charge in [0, 0.05) is 0 Å². The van der Waals surface area contributed by atoms with Crippen molar-refractivity contribution in [2.45, 2.75) is 76.4 Å². The Morgan fingerprint density at radius 3 is 1.94 bits per heavy atom. The van der Waals surface area contributed by atoms with Crippen molar-refractivity contribution < 1.29 is 14.3 Å². The molecule has 2 N–H and O–H groups in total. The van der Waals surface area contributed by atoms with Crippen molar-refractivity contribution >= 4 is 7.74 Å². The molecule has 0 aromatic carbocycles. The van der Waals surface area contributed by atoms with E-state index in [1.165, 1.54) is 12.8 Å². The second-order valence-corrected chi connectivity index (χ2v) is 6.75. The van der Waals surface area contributed by atoms with Gasteiger partial charge in [0.25, 0.3) is 0 Å². The fraction of sp³-hybridized carbons (Fsp3) is 1.00. The van der Waals surface area contributed by atoms with Gasteiger partial charge in [-0.1, -0.05) is 38.5 Å². The molecule has 0 spiro atoms. The zero-order valence-electron chi connectivity index (χ0n) is 10.4. The minimum Gasteiger partial charge on any atom is -0.319 e. The summed E-state index contributed by atoms with van der Waals surface area (Å²) in [5.41, 5.74) is 0. The molecule has 0 bridgehead atoms. The third-order valence-electron chi connectivity index (χ3n) is 3.73. The minimum atomic E-state index is -3.45. The Labute approximate surface area is 104 Å². The van der Waals surface area contributed by atoms with Crippen LogP contribution in [0.25, 0.3) is 0 Å². The summed E-state index contributed by atoms with van der Waals surface area (Å²) in [5, 5.41) is 0. The van der Waals surface area contributed by atoms with Crippen LogP contribution in [0.2, 0.25) is 0 Å². The average Bonchev–Trinajstić information content (AvgIpc) is 2.30. The van der Waals surface area contributed by atoms with Gasteiger partial charge in [-0.15, -0.1) is 0 Å². The zero-order valence-corrected chi connectivity index (χ0v) is 11.3. The SMILES string of the molecule is OP(O)(=NC1CCCCC1)OC1CCCCC1. The van der Waals surface area contributed by atoms with Crippen molar-refractivity contribution in [1.82, 2.24) is 0 Å². The molecule has 2 rings (SSSR count). The van der Waals surface area contributed by atoms with Crippen molar-refractivity contribution in [2.24, 2.45) is 4.74 Å². The van der Waals surface area contributed by atoms with Gasteiger partial charge < -0.3 is 9.79 Å². The van der Waals surface area contributed by atoms with Crippen molar-refractivity contribution in [2.75, 3.05) is 0 Å². The molecule has 2 saturated carbocycles. The molecule has 0 aliphatic heterocycles. The Morgan fingerprint density at radius 2 is 1.35 bits per heavy atom. The molecule has 0 saturated heterocycles. The second-order valence-electron chi connectivity index (χ2n) is 5.29. The van der Waals surface area contributed by atoms with E-state index in [1.807, 2.05) is 0 Å². The molecule has 5 heteroatoms. The average molecular weight is 261 g/mol. The summed E-state index contributed by atoms with van der Waals surface area (Å²) in [5.74, 6) is 0. The first-order valence-corrected chi connectivity index (χ1v) is 8.47. The molecule has 0 heterocycles.